The van der Waals surface area contributed by atoms with E-state index in [0.29, 0.717) is 12.8 Å². The highest BCUT2D eigenvalue weighted by Gasteiger charge is 2.16. The Morgan fingerprint density at radius 3 is 0.812 bits per heavy atom. The lowest BCUT2D eigenvalue weighted by molar-refractivity contribution is -0.161. The molecule has 0 saturated heterocycles. The molecular weight excluding hydrogens is 981 g/mol. The predicted molar refractivity (Wildman–Crippen MR) is 353 cm³/mol. The van der Waals surface area contributed by atoms with E-state index in [2.05, 4.69) is 86.8 Å². The lowest BCUT2D eigenvalue weighted by Gasteiger charge is -2.15. The molecule has 0 rings (SSSR count). The highest BCUT2D eigenvalue weighted by atomic mass is 16.6. The van der Waals surface area contributed by atoms with Gasteiger partial charge in [-0.3, -0.25) is 9.59 Å². The van der Waals surface area contributed by atoms with Crippen molar-refractivity contribution in [1.82, 2.24) is 0 Å². The fourth-order valence-electron chi connectivity index (χ4n) is 10.7. The highest BCUT2D eigenvalue weighted by Crippen LogP contribution is 2.19. The van der Waals surface area contributed by atoms with E-state index >= 15 is 0 Å². The number of aliphatic hydroxyl groups excluding tert-OH is 1. The fourth-order valence-corrected chi connectivity index (χ4v) is 10.7. The van der Waals surface area contributed by atoms with Gasteiger partial charge in [-0.1, -0.05) is 350 Å². The van der Waals surface area contributed by atoms with Crippen LogP contribution in [0, 0.1) is 0 Å². The van der Waals surface area contributed by atoms with Crippen molar-refractivity contribution >= 4 is 11.9 Å². The van der Waals surface area contributed by atoms with Gasteiger partial charge in [-0.15, -0.1) is 0 Å². The summed E-state index contributed by atoms with van der Waals surface area (Å²) < 4.78 is 10.8. The molecule has 466 valence electrons. The van der Waals surface area contributed by atoms with E-state index in [1.165, 1.54) is 276 Å². The molecule has 1 atom stereocenters. The van der Waals surface area contributed by atoms with Crippen LogP contribution >= 0.6 is 0 Å². The van der Waals surface area contributed by atoms with Crippen molar-refractivity contribution in [3.05, 3.63) is 72.9 Å². The fraction of sp³-hybridized carbons (Fsp3) is 0.813. The van der Waals surface area contributed by atoms with E-state index in [1.54, 1.807) is 0 Å². The molecular formula is C75H136O5. The molecule has 0 spiro atoms. The van der Waals surface area contributed by atoms with Crippen LogP contribution in [0.1, 0.15) is 373 Å². The van der Waals surface area contributed by atoms with Crippen LogP contribution in [0.15, 0.2) is 72.9 Å². The van der Waals surface area contributed by atoms with E-state index in [-0.39, 0.29) is 25.2 Å². The van der Waals surface area contributed by atoms with Crippen LogP contribution in [0.3, 0.4) is 0 Å². The Labute approximate surface area is 499 Å². The third-order valence-electron chi connectivity index (χ3n) is 16.0. The summed E-state index contributed by atoms with van der Waals surface area (Å²) in [5, 5.41) is 9.71. The van der Waals surface area contributed by atoms with Crippen LogP contribution in [0.4, 0.5) is 0 Å². The van der Waals surface area contributed by atoms with E-state index < -0.39 is 6.10 Å². The second-order valence-corrected chi connectivity index (χ2v) is 23.9. The van der Waals surface area contributed by atoms with Crippen LogP contribution in [-0.2, 0) is 19.1 Å². The van der Waals surface area contributed by atoms with Crippen LogP contribution < -0.4 is 0 Å². The molecule has 0 radical (unpaired) electrons. The van der Waals surface area contributed by atoms with Crippen LogP contribution in [0.2, 0.25) is 0 Å². The van der Waals surface area contributed by atoms with Gasteiger partial charge in [0.1, 0.15) is 6.61 Å². The van der Waals surface area contributed by atoms with E-state index in [0.717, 1.165) is 70.6 Å². The average Bonchev–Trinajstić information content (AvgIpc) is 3.46. The van der Waals surface area contributed by atoms with Crippen molar-refractivity contribution in [2.75, 3.05) is 13.2 Å². The van der Waals surface area contributed by atoms with Crippen LogP contribution in [0.5, 0.6) is 0 Å². The minimum Gasteiger partial charge on any atom is -0.462 e. The molecule has 1 N–H and O–H groups in total. The number of unbranched alkanes of at least 4 members (excludes halogenated alkanes) is 46. The largest absolute Gasteiger partial charge is 0.462 e. The summed E-state index contributed by atoms with van der Waals surface area (Å²) in [5.74, 6) is -0.571. The molecule has 80 heavy (non-hydrogen) atoms. The van der Waals surface area contributed by atoms with Gasteiger partial charge in [-0.05, 0) is 83.5 Å². The first kappa shape index (κ1) is 77.3. The molecule has 0 aliphatic heterocycles. The SMILES string of the molecule is CC/C=C\C/C=C\C/C=C\C/C=C\CCCCCCCCCCCCCCCCCCCCC(=O)OC(CO)COC(=O)CCCCCCCCCCCCCCCCCCCCCCCCC/C=C\C/C=C\CCCCCCC. The number of ether oxygens (including phenoxy) is 2. The van der Waals surface area contributed by atoms with Crippen molar-refractivity contribution in [2.45, 2.75) is 380 Å². The maximum Gasteiger partial charge on any atom is 0.306 e. The molecule has 0 amide bonds. The van der Waals surface area contributed by atoms with E-state index in [9.17, 15) is 14.7 Å². The number of hydrogen-bond donors (Lipinski definition) is 1. The molecule has 0 aromatic heterocycles. The summed E-state index contributed by atoms with van der Waals surface area (Å²) in [5.41, 5.74) is 0. The Balaban J connectivity index is 3.40. The second-order valence-electron chi connectivity index (χ2n) is 23.9. The van der Waals surface area contributed by atoms with Gasteiger partial charge in [0, 0.05) is 12.8 Å². The van der Waals surface area contributed by atoms with Gasteiger partial charge in [0.2, 0.25) is 0 Å². The van der Waals surface area contributed by atoms with Gasteiger partial charge >= 0.3 is 11.9 Å². The van der Waals surface area contributed by atoms with Gasteiger partial charge in [-0.25, -0.2) is 0 Å². The molecule has 5 heteroatoms. The summed E-state index contributed by atoms with van der Waals surface area (Å²) in [6, 6.07) is 0. The standard InChI is InChI=1S/C75H136O5/c1-3-5-7-9-11-13-15-17-19-21-23-25-27-29-31-33-35-36-37-38-40-41-43-45-47-49-51-53-55-57-59-61-63-65-67-69-74(77)79-72-73(71-76)80-75(78)70-68-66-64-62-60-58-56-54-52-50-48-46-44-42-39-34-32-30-28-26-24-22-20-18-16-14-12-10-8-6-4-2/h6,8,12,14-15,17-18,20-21,23-24,26,73,76H,3-5,7,9-11,13,16,19,22,25,27-72H2,1-2H3/b8-6-,14-12-,17-15-,20-18-,23-21-,26-24-. The van der Waals surface area contributed by atoms with Crippen LogP contribution in [-0.4, -0.2) is 36.4 Å². The van der Waals surface area contributed by atoms with Crippen molar-refractivity contribution in [3.63, 3.8) is 0 Å². The number of hydrogen-bond acceptors (Lipinski definition) is 5. The average molecular weight is 1120 g/mol. The van der Waals surface area contributed by atoms with Crippen molar-refractivity contribution in [1.29, 1.82) is 0 Å². The minimum absolute atomic E-state index is 0.0619. The Morgan fingerprint density at radius 2 is 0.537 bits per heavy atom. The van der Waals surface area contributed by atoms with Crippen molar-refractivity contribution in [2.24, 2.45) is 0 Å². The molecule has 0 aliphatic carbocycles. The van der Waals surface area contributed by atoms with Gasteiger partial charge in [-0.2, -0.15) is 0 Å². The molecule has 0 aliphatic rings. The number of aliphatic hydroxyl groups is 1. The third kappa shape index (κ3) is 67.8. The van der Waals surface area contributed by atoms with Gasteiger partial charge in [0.25, 0.3) is 0 Å². The third-order valence-corrected chi connectivity index (χ3v) is 16.0. The van der Waals surface area contributed by atoms with E-state index in [1.807, 2.05) is 0 Å². The molecule has 5 nitrogen and oxygen atoms in total. The zero-order valence-corrected chi connectivity index (χ0v) is 53.6. The Hall–Kier alpha value is -2.66. The van der Waals surface area contributed by atoms with Gasteiger partial charge < -0.3 is 14.6 Å². The number of allylic oxidation sites excluding steroid dienone is 12. The molecule has 0 bridgehead atoms. The first-order chi connectivity index (χ1) is 39.6. The lowest BCUT2D eigenvalue weighted by atomic mass is 10.0. The zero-order valence-electron chi connectivity index (χ0n) is 53.6. The lowest BCUT2D eigenvalue weighted by Crippen LogP contribution is -2.28. The Kier molecular flexibility index (Phi) is 68.3. The number of carbonyl (C=O) groups excluding carboxylic acids is 2. The molecule has 0 aromatic carbocycles. The monoisotopic (exact) mass is 1120 g/mol. The summed E-state index contributed by atoms with van der Waals surface area (Å²) >= 11 is 0. The number of rotatable bonds is 66. The normalized spacial score (nSPS) is 12.6. The topological polar surface area (TPSA) is 72.8 Å². The molecule has 0 saturated carbocycles. The first-order valence-corrected chi connectivity index (χ1v) is 35.5. The summed E-state index contributed by atoms with van der Waals surface area (Å²) in [6.07, 6.45) is 98.0. The molecule has 0 heterocycles. The molecule has 0 fully saturated rings. The Bertz CT molecular complexity index is 1400. The smallest absolute Gasteiger partial charge is 0.306 e. The molecule has 0 aromatic rings. The first-order valence-electron chi connectivity index (χ1n) is 35.5. The summed E-state index contributed by atoms with van der Waals surface area (Å²) in [7, 11) is 0. The number of carbonyl (C=O) groups is 2. The number of esters is 2. The summed E-state index contributed by atoms with van der Waals surface area (Å²) in [4.78, 5) is 24.7. The van der Waals surface area contributed by atoms with E-state index in [4.69, 9.17) is 9.47 Å². The van der Waals surface area contributed by atoms with Gasteiger partial charge in [0.05, 0.1) is 6.61 Å². The molecule has 1 unspecified atom stereocenters. The van der Waals surface area contributed by atoms with Gasteiger partial charge in [0.15, 0.2) is 6.10 Å². The quantitative estimate of drug-likeness (QED) is 0.0373. The minimum atomic E-state index is -0.773. The van der Waals surface area contributed by atoms with Crippen LogP contribution in [0.25, 0.3) is 0 Å². The predicted octanol–water partition coefficient (Wildman–Crippen LogP) is 24.7. The maximum atomic E-state index is 12.4. The van der Waals surface area contributed by atoms with Crippen molar-refractivity contribution in [3.8, 4) is 0 Å². The zero-order chi connectivity index (χ0) is 57.6. The highest BCUT2D eigenvalue weighted by molar-refractivity contribution is 5.70. The maximum absolute atomic E-state index is 12.4. The Morgan fingerprint density at radius 1 is 0.300 bits per heavy atom. The second kappa shape index (κ2) is 70.6. The van der Waals surface area contributed by atoms with Crippen molar-refractivity contribution < 1.29 is 24.2 Å². The summed E-state index contributed by atoms with van der Waals surface area (Å²) in [6.45, 7) is 4.07.